The van der Waals surface area contributed by atoms with Crippen LogP contribution in [-0.4, -0.2) is 41.5 Å². The number of alkyl halides is 1. The van der Waals surface area contributed by atoms with Gasteiger partial charge in [-0.2, -0.15) is 9.40 Å². The summed E-state index contributed by atoms with van der Waals surface area (Å²) in [5.41, 5.74) is 0. The van der Waals surface area contributed by atoms with Crippen LogP contribution < -0.4 is 0 Å². The summed E-state index contributed by atoms with van der Waals surface area (Å²) in [4.78, 5) is 0.294. The van der Waals surface area contributed by atoms with Gasteiger partial charge in [0.25, 0.3) is 0 Å². The Morgan fingerprint density at radius 3 is 2.70 bits per heavy atom. The van der Waals surface area contributed by atoms with Gasteiger partial charge in [0.2, 0.25) is 10.0 Å². The zero-order chi connectivity index (χ0) is 14.6. The minimum absolute atomic E-state index is 0.294. The average Bonchev–Trinajstić information content (AvgIpc) is 2.94. The summed E-state index contributed by atoms with van der Waals surface area (Å²) in [6.45, 7) is 4.05. The van der Waals surface area contributed by atoms with Crippen LogP contribution in [0.4, 0.5) is 0 Å². The summed E-state index contributed by atoms with van der Waals surface area (Å²) in [5.74, 6) is 1.21. The van der Waals surface area contributed by atoms with Crippen LogP contribution in [0, 0.1) is 5.92 Å². The Labute approximate surface area is 126 Å². The lowest BCUT2D eigenvalue weighted by Gasteiger charge is -2.30. The van der Waals surface area contributed by atoms with Crippen molar-refractivity contribution in [2.24, 2.45) is 5.92 Å². The number of rotatable bonds is 6. The molecule has 0 bridgehead atoms. The third-order valence-electron chi connectivity index (χ3n) is 3.92. The van der Waals surface area contributed by atoms with Gasteiger partial charge in [-0.3, -0.25) is 4.68 Å². The lowest BCUT2D eigenvalue weighted by molar-refractivity contribution is 0.269. The third-order valence-corrected chi connectivity index (χ3v) is 6.04. The van der Waals surface area contributed by atoms with Gasteiger partial charge in [0, 0.05) is 31.7 Å². The molecule has 0 saturated carbocycles. The molecule has 20 heavy (non-hydrogen) atoms. The van der Waals surface area contributed by atoms with Crippen molar-refractivity contribution in [3.63, 3.8) is 0 Å². The molecular formula is C13H22ClN3O2S. The third kappa shape index (κ3) is 3.54. The molecule has 0 spiro atoms. The van der Waals surface area contributed by atoms with Crippen molar-refractivity contribution in [3.8, 4) is 0 Å². The Hall–Kier alpha value is -0.590. The van der Waals surface area contributed by atoms with Gasteiger partial charge < -0.3 is 0 Å². The summed E-state index contributed by atoms with van der Waals surface area (Å²) in [7, 11) is -3.38. The van der Waals surface area contributed by atoms with E-state index in [1.807, 2.05) is 0 Å². The Morgan fingerprint density at radius 2 is 2.10 bits per heavy atom. The van der Waals surface area contributed by atoms with Gasteiger partial charge >= 0.3 is 0 Å². The number of aryl methyl sites for hydroxylation is 1. The molecule has 1 aromatic heterocycles. The van der Waals surface area contributed by atoms with Crippen LogP contribution in [0.25, 0.3) is 0 Å². The molecular weight excluding hydrogens is 298 g/mol. The standard InChI is InChI=1S/C13H22ClN3O2S/c1-2-12-4-8-17(9-5-12)20(18,19)13-10-15-16(11-13)7-3-6-14/h10-12H,2-9H2,1H3. The number of hydrogen-bond acceptors (Lipinski definition) is 3. The summed E-state index contributed by atoms with van der Waals surface area (Å²) in [6.07, 6.45) is 6.87. The van der Waals surface area contributed by atoms with Crippen LogP contribution in [0.1, 0.15) is 32.6 Å². The molecule has 7 heteroatoms. The first kappa shape index (κ1) is 15.8. The summed E-state index contributed by atoms with van der Waals surface area (Å²) >= 11 is 5.63. The summed E-state index contributed by atoms with van der Waals surface area (Å²) in [5, 5.41) is 4.10. The molecule has 1 aliphatic heterocycles. The number of sulfonamides is 1. The van der Waals surface area contributed by atoms with Gasteiger partial charge in [-0.05, 0) is 25.2 Å². The van der Waals surface area contributed by atoms with E-state index in [1.54, 1.807) is 15.2 Å². The van der Waals surface area contributed by atoms with Crippen molar-refractivity contribution < 1.29 is 8.42 Å². The highest BCUT2D eigenvalue weighted by Gasteiger charge is 2.29. The highest BCUT2D eigenvalue weighted by molar-refractivity contribution is 7.89. The van der Waals surface area contributed by atoms with Crippen molar-refractivity contribution in [2.45, 2.75) is 44.0 Å². The van der Waals surface area contributed by atoms with Crippen molar-refractivity contribution in [3.05, 3.63) is 12.4 Å². The van der Waals surface area contributed by atoms with Crippen LogP contribution >= 0.6 is 11.6 Å². The second-order valence-corrected chi connectivity index (χ2v) is 7.55. The molecule has 0 amide bonds. The lowest BCUT2D eigenvalue weighted by Crippen LogP contribution is -2.38. The number of halogens is 1. The molecule has 1 aromatic rings. The molecule has 0 aliphatic carbocycles. The van der Waals surface area contributed by atoms with Gasteiger partial charge in [-0.1, -0.05) is 13.3 Å². The Bertz CT molecular complexity index is 521. The van der Waals surface area contributed by atoms with Crippen LogP contribution in [0.15, 0.2) is 17.3 Å². The highest BCUT2D eigenvalue weighted by atomic mass is 35.5. The molecule has 114 valence electrons. The predicted octanol–water partition coefficient (Wildman–Crippen LogP) is 2.32. The predicted molar refractivity (Wildman–Crippen MR) is 79.3 cm³/mol. The summed E-state index contributed by atoms with van der Waals surface area (Å²) < 4.78 is 28.3. The topological polar surface area (TPSA) is 55.2 Å². The van der Waals surface area contributed by atoms with Crippen molar-refractivity contribution >= 4 is 21.6 Å². The highest BCUT2D eigenvalue weighted by Crippen LogP contribution is 2.25. The molecule has 0 aromatic carbocycles. The second-order valence-electron chi connectivity index (χ2n) is 5.24. The molecule has 1 saturated heterocycles. The maximum absolute atomic E-state index is 12.5. The quantitative estimate of drug-likeness (QED) is 0.756. The first-order valence-electron chi connectivity index (χ1n) is 7.16. The maximum atomic E-state index is 12.5. The number of aromatic nitrogens is 2. The van der Waals surface area contributed by atoms with E-state index in [2.05, 4.69) is 12.0 Å². The SMILES string of the molecule is CCC1CCN(S(=O)(=O)c2cnn(CCCCl)c2)CC1. The fourth-order valence-electron chi connectivity index (χ4n) is 2.53. The Morgan fingerprint density at radius 1 is 1.40 bits per heavy atom. The largest absolute Gasteiger partial charge is 0.271 e. The average molecular weight is 320 g/mol. The molecule has 0 unspecified atom stereocenters. The molecule has 2 rings (SSSR count). The Balaban J connectivity index is 2.04. The van der Waals surface area contributed by atoms with Crippen LogP contribution in [0.3, 0.4) is 0 Å². The van der Waals surface area contributed by atoms with Crippen LogP contribution in [0.5, 0.6) is 0 Å². The normalized spacial score (nSPS) is 18.5. The Kier molecular flexibility index (Phi) is 5.46. The van der Waals surface area contributed by atoms with Gasteiger partial charge in [0.1, 0.15) is 4.90 Å². The smallest absolute Gasteiger partial charge is 0.246 e. The zero-order valence-corrected chi connectivity index (χ0v) is 13.4. The van der Waals surface area contributed by atoms with Gasteiger partial charge in [-0.15, -0.1) is 11.6 Å². The van der Waals surface area contributed by atoms with Gasteiger partial charge in [0.15, 0.2) is 0 Å². The minimum Gasteiger partial charge on any atom is -0.271 e. The van der Waals surface area contributed by atoms with Gasteiger partial charge in [0.05, 0.1) is 6.20 Å². The first-order chi connectivity index (χ1) is 9.57. The molecule has 1 aliphatic rings. The van der Waals surface area contributed by atoms with E-state index in [-0.39, 0.29) is 0 Å². The van der Waals surface area contributed by atoms with Crippen molar-refractivity contribution in [1.29, 1.82) is 0 Å². The van der Waals surface area contributed by atoms with Crippen molar-refractivity contribution in [1.82, 2.24) is 14.1 Å². The van der Waals surface area contributed by atoms with E-state index in [0.29, 0.717) is 36.3 Å². The molecule has 1 fully saturated rings. The zero-order valence-electron chi connectivity index (χ0n) is 11.8. The molecule has 0 radical (unpaired) electrons. The second kappa shape index (κ2) is 6.91. The van der Waals surface area contributed by atoms with E-state index in [9.17, 15) is 8.42 Å². The fraction of sp³-hybridized carbons (Fsp3) is 0.769. The van der Waals surface area contributed by atoms with Crippen molar-refractivity contribution in [2.75, 3.05) is 19.0 Å². The molecule has 2 heterocycles. The van der Waals surface area contributed by atoms with E-state index >= 15 is 0 Å². The minimum atomic E-state index is -3.38. The molecule has 5 nitrogen and oxygen atoms in total. The molecule has 0 atom stereocenters. The van der Waals surface area contributed by atoms with Crippen LogP contribution in [-0.2, 0) is 16.6 Å². The van der Waals surface area contributed by atoms with E-state index in [0.717, 1.165) is 25.7 Å². The number of piperidine rings is 1. The monoisotopic (exact) mass is 319 g/mol. The summed E-state index contributed by atoms with van der Waals surface area (Å²) in [6, 6.07) is 0. The van der Waals surface area contributed by atoms with E-state index in [1.165, 1.54) is 6.20 Å². The number of nitrogens with zero attached hydrogens (tertiary/aromatic N) is 3. The maximum Gasteiger partial charge on any atom is 0.246 e. The molecule has 0 N–H and O–H groups in total. The van der Waals surface area contributed by atoms with E-state index < -0.39 is 10.0 Å². The fourth-order valence-corrected chi connectivity index (χ4v) is 4.07. The lowest BCUT2D eigenvalue weighted by atomic mass is 9.96. The van der Waals surface area contributed by atoms with Gasteiger partial charge in [-0.25, -0.2) is 8.42 Å². The van der Waals surface area contributed by atoms with E-state index in [4.69, 9.17) is 11.6 Å². The van der Waals surface area contributed by atoms with Crippen LogP contribution in [0.2, 0.25) is 0 Å². The first-order valence-corrected chi connectivity index (χ1v) is 9.14. The number of hydrogen-bond donors (Lipinski definition) is 0.